The third-order valence-electron chi connectivity index (χ3n) is 4.85. The minimum Gasteiger partial charge on any atom is -0.332 e. The summed E-state index contributed by atoms with van der Waals surface area (Å²) in [6.07, 6.45) is 0. The van der Waals surface area contributed by atoms with Crippen LogP contribution in [0.2, 0.25) is 0 Å². The van der Waals surface area contributed by atoms with Crippen LogP contribution >= 0.6 is 11.3 Å². The largest absolute Gasteiger partial charge is 0.332 e. The van der Waals surface area contributed by atoms with Gasteiger partial charge in [0.1, 0.15) is 12.6 Å². The van der Waals surface area contributed by atoms with E-state index in [0.717, 1.165) is 12.2 Å². The Morgan fingerprint density at radius 1 is 0.828 bits per heavy atom. The highest BCUT2D eigenvalue weighted by atomic mass is 32.1. The topological polar surface area (TPSA) is 45.7 Å². The molecule has 0 aliphatic heterocycles. The Morgan fingerprint density at radius 3 is 2.17 bits per heavy atom. The molecule has 1 aromatic heterocycles. The molecule has 3 aromatic carbocycles. The quantitative estimate of drug-likeness (QED) is 0.458. The first-order valence-electron chi connectivity index (χ1n) is 9.66. The lowest BCUT2D eigenvalue weighted by atomic mass is 10.0. The number of anilines is 1. The number of carbonyl (C=O) groups is 1. The second-order valence-electron chi connectivity index (χ2n) is 6.86. The fourth-order valence-electron chi connectivity index (χ4n) is 3.32. The molecule has 3 N–H and O–H groups in total. The highest BCUT2D eigenvalue weighted by Crippen LogP contribution is 2.22. The minimum absolute atomic E-state index is 0.0903. The summed E-state index contributed by atoms with van der Waals surface area (Å²) in [5.41, 5.74) is 3.96. The first kappa shape index (κ1) is 19.1. The van der Waals surface area contributed by atoms with Gasteiger partial charge in [-0.15, -0.1) is 11.3 Å². The Balaban J connectivity index is 1.42. The van der Waals surface area contributed by atoms with E-state index in [9.17, 15) is 4.79 Å². The van der Waals surface area contributed by atoms with Gasteiger partial charge < -0.3 is 10.6 Å². The molecule has 144 valence electrons. The second kappa shape index (κ2) is 9.32. The number of rotatable bonds is 7. The first-order valence-corrected chi connectivity index (χ1v) is 10.5. The van der Waals surface area contributed by atoms with Gasteiger partial charge in [-0.3, -0.25) is 4.79 Å². The highest BCUT2D eigenvalue weighted by molar-refractivity contribution is 7.10. The van der Waals surface area contributed by atoms with Gasteiger partial charge in [0.2, 0.25) is 0 Å². The minimum atomic E-state index is -0.0903. The molecule has 4 aromatic rings. The number of hydrogen-bond donors (Lipinski definition) is 2. The van der Waals surface area contributed by atoms with Crippen LogP contribution in [0.15, 0.2) is 102 Å². The number of quaternary nitrogens is 1. The average Bonchev–Trinajstić information content (AvgIpc) is 3.30. The standard InChI is InChI=1S/C25H22N2OS/c28-25(27-22-10-5-2-6-11-22)21-15-13-19(14-16-21)18-26-24(23-12-7-17-29-23)20-8-3-1-4-9-20/h1-17,24,26H,18H2,(H,27,28)/p+1/t24-/m1/s1. The predicted octanol–water partition coefficient (Wildman–Crippen LogP) is 4.85. The summed E-state index contributed by atoms with van der Waals surface area (Å²) in [7, 11) is 0. The number of hydrogen-bond acceptors (Lipinski definition) is 2. The van der Waals surface area contributed by atoms with E-state index < -0.39 is 0 Å². The normalized spacial score (nSPS) is 11.7. The SMILES string of the molecule is O=C(Nc1ccccc1)c1ccc(C[NH2+][C@H](c2ccccc2)c2cccs2)cc1. The fraction of sp³-hybridized carbons (Fsp3) is 0.0800. The molecule has 3 nitrogen and oxygen atoms in total. The van der Waals surface area contributed by atoms with Crippen LogP contribution in [0, 0.1) is 0 Å². The predicted molar refractivity (Wildman–Crippen MR) is 119 cm³/mol. The summed E-state index contributed by atoms with van der Waals surface area (Å²) >= 11 is 1.78. The molecule has 0 radical (unpaired) electrons. The van der Waals surface area contributed by atoms with Crippen molar-refractivity contribution < 1.29 is 10.1 Å². The molecule has 0 saturated carbocycles. The zero-order chi connectivity index (χ0) is 19.9. The van der Waals surface area contributed by atoms with Crippen LogP contribution in [-0.4, -0.2) is 5.91 Å². The van der Waals surface area contributed by atoms with Crippen molar-refractivity contribution in [2.75, 3.05) is 5.32 Å². The van der Waals surface area contributed by atoms with E-state index in [1.165, 1.54) is 16.0 Å². The Labute approximate surface area is 175 Å². The molecule has 0 unspecified atom stereocenters. The maximum absolute atomic E-state index is 12.4. The lowest BCUT2D eigenvalue weighted by Crippen LogP contribution is -2.83. The Morgan fingerprint density at radius 2 is 1.52 bits per heavy atom. The molecule has 0 fully saturated rings. The molecule has 0 aliphatic rings. The molecule has 4 heteroatoms. The number of thiophene rings is 1. The van der Waals surface area contributed by atoms with E-state index in [4.69, 9.17) is 0 Å². The molecule has 0 spiro atoms. The summed E-state index contributed by atoms with van der Waals surface area (Å²) in [6.45, 7) is 0.845. The Bertz CT molecular complexity index is 1030. The lowest BCUT2D eigenvalue weighted by molar-refractivity contribution is -0.701. The fourth-order valence-corrected chi connectivity index (χ4v) is 4.17. The van der Waals surface area contributed by atoms with E-state index in [0.29, 0.717) is 5.56 Å². The zero-order valence-electron chi connectivity index (χ0n) is 16.0. The van der Waals surface area contributed by atoms with Gasteiger partial charge in [0.05, 0.1) is 4.88 Å². The third-order valence-corrected chi connectivity index (χ3v) is 5.80. The third kappa shape index (κ3) is 4.99. The van der Waals surface area contributed by atoms with Gasteiger partial charge in [0.25, 0.3) is 5.91 Å². The van der Waals surface area contributed by atoms with Gasteiger partial charge in [0, 0.05) is 22.4 Å². The maximum atomic E-state index is 12.4. The highest BCUT2D eigenvalue weighted by Gasteiger charge is 2.18. The molecular formula is C25H23N2OS+. The van der Waals surface area contributed by atoms with Crippen LogP contribution in [-0.2, 0) is 6.54 Å². The lowest BCUT2D eigenvalue weighted by Gasteiger charge is -2.15. The van der Waals surface area contributed by atoms with Gasteiger partial charge in [-0.2, -0.15) is 0 Å². The molecule has 1 heterocycles. The molecular weight excluding hydrogens is 376 g/mol. The van der Waals surface area contributed by atoms with Crippen LogP contribution in [0.25, 0.3) is 0 Å². The van der Waals surface area contributed by atoms with Crippen LogP contribution < -0.4 is 10.6 Å². The van der Waals surface area contributed by atoms with Gasteiger partial charge in [-0.25, -0.2) is 0 Å². The summed E-state index contributed by atoms with van der Waals surface area (Å²) in [6, 6.07) is 32.5. The molecule has 0 aliphatic carbocycles. The van der Waals surface area contributed by atoms with Gasteiger partial charge >= 0.3 is 0 Å². The van der Waals surface area contributed by atoms with Gasteiger partial charge in [0.15, 0.2) is 0 Å². The zero-order valence-corrected chi connectivity index (χ0v) is 16.8. The molecule has 0 saturated heterocycles. The van der Waals surface area contributed by atoms with Crippen molar-refractivity contribution >= 4 is 22.9 Å². The van der Waals surface area contributed by atoms with Crippen molar-refractivity contribution in [3.8, 4) is 0 Å². The number of benzene rings is 3. The summed E-state index contributed by atoms with van der Waals surface area (Å²) in [5, 5.41) is 7.39. The number of para-hydroxylation sites is 1. The molecule has 1 amide bonds. The van der Waals surface area contributed by atoms with Crippen LogP contribution in [0.3, 0.4) is 0 Å². The Kier molecular flexibility index (Phi) is 6.15. The van der Waals surface area contributed by atoms with Crippen molar-refractivity contribution in [2.45, 2.75) is 12.6 Å². The van der Waals surface area contributed by atoms with Crippen molar-refractivity contribution in [2.24, 2.45) is 0 Å². The van der Waals surface area contributed by atoms with Crippen molar-refractivity contribution in [3.05, 3.63) is 124 Å². The molecule has 0 bridgehead atoms. The average molecular weight is 400 g/mol. The first-order chi connectivity index (χ1) is 14.3. The van der Waals surface area contributed by atoms with Crippen LogP contribution in [0.1, 0.15) is 32.4 Å². The number of carbonyl (C=O) groups excluding carboxylic acids is 1. The second-order valence-corrected chi connectivity index (χ2v) is 7.84. The van der Waals surface area contributed by atoms with E-state index in [1.807, 2.05) is 60.7 Å². The van der Waals surface area contributed by atoms with Crippen LogP contribution in [0.5, 0.6) is 0 Å². The number of amides is 1. The van der Waals surface area contributed by atoms with E-state index in [1.54, 1.807) is 11.3 Å². The van der Waals surface area contributed by atoms with Gasteiger partial charge in [-0.1, -0.05) is 66.7 Å². The molecule has 29 heavy (non-hydrogen) atoms. The summed E-state index contributed by atoms with van der Waals surface area (Å²) in [4.78, 5) is 13.8. The number of nitrogens with two attached hydrogens (primary N) is 1. The number of nitrogens with one attached hydrogen (secondary N) is 1. The molecule has 1 atom stereocenters. The van der Waals surface area contributed by atoms with Crippen molar-refractivity contribution in [3.63, 3.8) is 0 Å². The molecule has 4 rings (SSSR count). The monoisotopic (exact) mass is 399 g/mol. The van der Waals surface area contributed by atoms with E-state index >= 15 is 0 Å². The summed E-state index contributed by atoms with van der Waals surface area (Å²) < 4.78 is 0. The van der Waals surface area contributed by atoms with Gasteiger partial charge in [-0.05, 0) is 35.7 Å². The smallest absolute Gasteiger partial charge is 0.255 e. The Hall–Kier alpha value is -3.21. The van der Waals surface area contributed by atoms with Crippen LogP contribution in [0.4, 0.5) is 5.69 Å². The van der Waals surface area contributed by atoms with Crippen molar-refractivity contribution in [1.29, 1.82) is 0 Å². The summed E-state index contributed by atoms with van der Waals surface area (Å²) in [5.74, 6) is -0.0903. The maximum Gasteiger partial charge on any atom is 0.255 e. The van der Waals surface area contributed by atoms with E-state index in [-0.39, 0.29) is 11.9 Å². The van der Waals surface area contributed by atoms with Crippen molar-refractivity contribution in [1.82, 2.24) is 0 Å². The van der Waals surface area contributed by atoms with E-state index in [2.05, 4.69) is 52.4 Å².